The van der Waals surface area contributed by atoms with Crippen LogP contribution in [0.15, 0.2) is 41.8 Å². The van der Waals surface area contributed by atoms with E-state index in [1.807, 2.05) is 7.05 Å². The van der Waals surface area contributed by atoms with Crippen molar-refractivity contribution in [3.8, 4) is 0 Å². The summed E-state index contributed by atoms with van der Waals surface area (Å²) in [6.45, 7) is 0. The zero-order chi connectivity index (χ0) is 14.8. The molecule has 3 rings (SSSR count). The van der Waals surface area contributed by atoms with Gasteiger partial charge in [0.1, 0.15) is 11.4 Å². The van der Waals surface area contributed by atoms with Crippen molar-refractivity contribution in [3.05, 3.63) is 52.5 Å². The van der Waals surface area contributed by atoms with Crippen molar-refractivity contribution in [2.75, 3.05) is 0 Å². The van der Waals surface area contributed by atoms with E-state index in [1.54, 1.807) is 34.8 Å². The van der Waals surface area contributed by atoms with Crippen molar-refractivity contribution < 1.29 is 4.92 Å². The molecule has 0 unspecified atom stereocenters. The summed E-state index contributed by atoms with van der Waals surface area (Å²) in [6, 6.07) is 6.53. The van der Waals surface area contributed by atoms with E-state index in [0.717, 1.165) is 21.6 Å². The van der Waals surface area contributed by atoms with Crippen LogP contribution in [0.3, 0.4) is 0 Å². The minimum Gasteiger partial charge on any atom is -0.258 e. The minimum absolute atomic E-state index is 0.0976. The second-order valence-corrected chi connectivity index (χ2v) is 5.36. The van der Waals surface area contributed by atoms with Gasteiger partial charge < -0.3 is 0 Å². The van der Waals surface area contributed by atoms with Crippen LogP contribution in [0.2, 0.25) is 0 Å². The molecule has 0 aliphatic carbocycles. The van der Waals surface area contributed by atoms with Crippen molar-refractivity contribution in [3.63, 3.8) is 0 Å². The van der Waals surface area contributed by atoms with Gasteiger partial charge in [0.25, 0.3) is 5.69 Å². The molecule has 0 amide bonds. The van der Waals surface area contributed by atoms with Crippen molar-refractivity contribution in [2.24, 2.45) is 7.05 Å². The molecule has 0 saturated heterocycles. The first-order chi connectivity index (χ1) is 10.1. The third-order valence-electron chi connectivity index (χ3n) is 3.02. The van der Waals surface area contributed by atoms with Gasteiger partial charge >= 0.3 is 0 Å². The maximum absolute atomic E-state index is 10.6. The van der Waals surface area contributed by atoms with Crippen molar-refractivity contribution in [1.82, 2.24) is 19.7 Å². The van der Waals surface area contributed by atoms with Gasteiger partial charge in [-0.05, 0) is 5.56 Å². The van der Waals surface area contributed by atoms with Crippen LogP contribution >= 0.6 is 11.8 Å². The molecule has 8 heteroatoms. The molecular weight excluding hydrogens is 290 g/mol. The van der Waals surface area contributed by atoms with Crippen LogP contribution in [0, 0.1) is 10.1 Å². The highest BCUT2D eigenvalue weighted by Crippen LogP contribution is 2.27. The van der Waals surface area contributed by atoms with E-state index < -0.39 is 4.92 Å². The van der Waals surface area contributed by atoms with Gasteiger partial charge in [0.15, 0.2) is 5.65 Å². The molecule has 3 aromatic rings. The predicted molar refractivity (Wildman–Crippen MR) is 79.0 cm³/mol. The second kappa shape index (κ2) is 5.49. The number of non-ortho nitro benzene ring substituents is 1. The van der Waals surface area contributed by atoms with E-state index in [0.29, 0.717) is 5.75 Å². The zero-order valence-electron chi connectivity index (χ0n) is 11.1. The summed E-state index contributed by atoms with van der Waals surface area (Å²) < 4.78 is 1.70. The number of nitro groups is 1. The molecule has 0 aliphatic heterocycles. The molecule has 0 radical (unpaired) electrons. The first-order valence-corrected chi connectivity index (χ1v) is 7.12. The van der Waals surface area contributed by atoms with Crippen molar-refractivity contribution in [2.45, 2.75) is 10.8 Å². The van der Waals surface area contributed by atoms with E-state index in [9.17, 15) is 10.1 Å². The minimum atomic E-state index is -0.402. The van der Waals surface area contributed by atoms with Gasteiger partial charge in [0, 0.05) is 24.9 Å². The molecule has 0 spiro atoms. The maximum Gasteiger partial charge on any atom is 0.269 e. The monoisotopic (exact) mass is 301 g/mol. The number of nitro benzene ring substituents is 1. The van der Waals surface area contributed by atoms with Crippen LogP contribution in [0.4, 0.5) is 5.69 Å². The topological polar surface area (TPSA) is 86.7 Å². The highest BCUT2D eigenvalue weighted by Gasteiger charge is 2.09. The first kappa shape index (κ1) is 13.5. The fraction of sp³-hybridized carbons (Fsp3) is 0.154. The SMILES string of the molecule is Cn1ncc2c(SCc3ccc([N+](=O)[O-])cc3)ncnc21. The fourth-order valence-corrected chi connectivity index (χ4v) is 2.84. The molecule has 0 bridgehead atoms. The lowest BCUT2D eigenvalue weighted by molar-refractivity contribution is -0.384. The average molecular weight is 301 g/mol. The van der Waals surface area contributed by atoms with Gasteiger partial charge in [-0.25, -0.2) is 9.97 Å². The largest absolute Gasteiger partial charge is 0.269 e. The summed E-state index contributed by atoms with van der Waals surface area (Å²) >= 11 is 1.56. The fourth-order valence-electron chi connectivity index (χ4n) is 1.92. The Labute approximate surface area is 124 Å². The quantitative estimate of drug-likeness (QED) is 0.318. The Morgan fingerprint density at radius 1 is 1.29 bits per heavy atom. The molecular formula is C13H11N5O2S. The summed E-state index contributed by atoms with van der Waals surface area (Å²) in [5.74, 6) is 0.680. The Morgan fingerprint density at radius 2 is 2.05 bits per heavy atom. The van der Waals surface area contributed by atoms with Crippen LogP contribution in [-0.4, -0.2) is 24.7 Å². The molecule has 7 nitrogen and oxygen atoms in total. The zero-order valence-corrected chi connectivity index (χ0v) is 11.9. The second-order valence-electron chi connectivity index (χ2n) is 4.40. The Bertz CT molecular complexity index is 800. The molecule has 21 heavy (non-hydrogen) atoms. The lowest BCUT2D eigenvalue weighted by Crippen LogP contribution is -1.93. The van der Waals surface area contributed by atoms with Crippen LogP contribution in [-0.2, 0) is 12.8 Å². The highest BCUT2D eigenvalue weighted by atomic mass is 32.2. The van der Waals surface area contributed by atoms with Gasteiger partial charge in [0.05, 0.1) is 16.5 Å². The highest BCUT2D eigenvalue weighted by molar-refractivity contribution is 7.98. The van der Waals surface area contributed by atoms with Crippen molar-refractivity contribution in [1.29, 1.82) is 0 Å². The molecule has 0 N–H and O–H groups in total. The maximum atomic E-state index is 10.6. The van der Waals surface area contributed by atoms with Gasteiger partial charge in [0.2, 0.25) is 0 Å². The van der Waals surface area contributed by atoms with Crippen LogP contribution in [0.25, 0.3) is 11.0 Å². The third kappa shape index (κ3) is 2.70. The third-order valence-corrected chi connectivity index (χ3v) is 4.09. The molecule has 0 fully saturated rings. The summed E-state index contributed by atoms with van der Waals surface area (Å²) in [7, 11) is 1.83. The Kier molecular flexibility index (Phi) is 3.53. The average Bonchev–Trinajstić information content (AvgIpc) is 2.88. The van der Waals surface area contributed by atoms with Crippen LogP contribution < -0.4 is 0 Å². The number of aromatic nitrogens is 4. The predicted octanol–water partition coefficient (Wildman–Crippen LogP) is 2.56. The van der Waals surface area contributed by atoms with Crippen molar-refractivity contribution >= 4 is 28.5 Å². The van der Waals surface area contributed by atoms with E-state index >= 15 is 0 Å². The molecule has 1 aromatic carbocycles. The smallest absolute Gasteiger partial charge is 0.258 e. The standard InChI is InChI=1S/C13H11N5O2S/c1-17-12-11(6-16-17)13(15-8-14-12)21-7-9-2-4-10(5-3-9)18(19)20/h2-6,8H,7H2,1H3. The Hall–Kier alpha value is -2.48. The normalized spacial score (nSPS) is 10.9. The van der Waals surface area contributed by atoms with E-state index in [-0.39, 0.29) is 5.69 Å². The van der Waals surface area contributed by atoms with Crippen LogP contribution in [0.1, 0.15) is 5.56 Å². The molecule has 2 aromatic heterocycles. The lowest BCUT2D eigenvalue weighted by atomic mass is 10.2. The number of hydrogen-bond donors (Lipinski definition) is 0. The first-order valence-electron chi connectivity index (χ1n) is 6.14. The van der Waals surface area contributed by atoms with E-state index in [1.165, 1.54) is 18.5 Å². The van der Waals surface area contributed by atoms with E-state index in [4.69, 9.17) is 0 Å². The number of benzene rings is 1. The Balaban J connectivity index is 1.78. The summed E-state index contributed by atoms with van der Waals surface area (Å²) in [6.07, 6.45) is 3.26. The summed E-state index contributed by atoms with van der Waals surface area (Å²) in [4.78, 5) is 18.7. The number of rotatable bonds is 4. The van der Waals surface area contributed by atoms with Gasteiger partial charge in [-0.1, -0.05) is 12.1 Å². The number of nitrogens with zero attached hydrogens (tertiary/aromatic N) is 5. The number of aryl methyl sites for hydroxylation is 1. The molecule has 106 valence electrons. The summed E-state index contributed by atoms with van der Waals surface area (Å²) in [5.41, 5.74) is 1.89. The van der Waals surface area contributed by atoms with E-state index in [2.05, 4.69) is 15.1 Å². The lowest BCUT2D eigenvalue weighted by Gasteiger charge is -2.02. The number of thioether (sulfide) groups is 1. The summed E-state index contributed by atoms with van der Waals surface area (Å²) in [5, 5.41) is 16.5. The molecule has 0 saturated carbocycles. The molecule has 0 atom stereocenters. The molecule has 0 aliphatic rings. The number of fused-ring (bicyclic) bond motifs is 1. The molecule has 2 heterocycles. The number of hydrogen-bond acceptors (Lipinski definition) is 6. The van der Waals surface area contributed by atoms with Crippen LogP contribution in [0.5, 0.6) is 0 Å². The van der Waals surface area contributed by atoms with Gasteiger partial charge in [-0.2, -0.15) is 5.10 Å². The Morgan fingerprint density at radius 3 is 2.76 bits per heavy atom. The van der Waals surface area contributed by atoms with Gasteiger partial charge in [-0.3, -0.25) is 14.8 Å². The van der Waals surface area contributed by atoms with Gasteiger partial charge in [-0.15, -0.1) is 11.8 Å².